The monoisotopic (exact) mass is 287 g/mol. The molecule has 3 nitrogen and oxygen atoms in total. The molecule has 0 aliphatic heterocycles. The molecule has 0 aliphatic rings. The van der Waals surface area contributed by atoms with E-state index in [-0.39, 0.29) is 5.97 Å². The number of nitrogens with one attached hydrogen (secondary N) is 1. The number of anilines is 1. The van der Waals surface area contributed by atoms with Gasteiger partial charge in [-0.3, -0.25) is 0 Å². The Labute approximate surface area is 117 Å². The molecule has 98 valence electrons. The smallest absolute Gasteiger partial charge is 0.333 e. The van der Waals surface area contributed by atoms with Gasteiger partial charge in [-0.1, -0.05) is 36.2 Å². The lowest BCUT2D eigenvalue weighted by molar-refractivity contribution is -0.136. The van der Waals surface area contributed by atoms with Crippen LogP contribution in [0.3, 0.4) is 0 Å². The number of hydrogen-bond donors (Lipinski definition) is 1. The number of halogens is 2. The minimum absolute atomic E-state index is 0.298. The molecule has 0 amide bonds. The van der Waals surface area contributed by atoms with E-state index in [0.29, 0.717) is 28.6 Å². The van der Waals surface area contributed by atoms with E-state index < -0.39 is 0 Å². The van der Waals surface area contributed by atoms with Gasteiger partial charge in [-0.2, -0.15) is 0 Å². The molecule has 18 heavy (non-hydrogen) atoms. The number of ether oxygens (including phenoxy) is 1. The summed E-state index contributed by atoms with van der Waals surface area (Å²) in [5.74, 6) is -0.298. The van der Waals surface area contributed by atoms with Gasteiger partial charge in [-0.15, -0.1) is 0 Å². The summed E-state index contributed by atoms with van der Waals surface area (Å²) in [6.45, 7) is 2.43. The van der Waals surface area contributed by atoms with Gasteiger partial charge in [0.15, 0.2) is 0 Å². The third-order valence-corrected chi connectivity index (χ3v) is 3.14. The fourth-order valence-electron chi connectivity index (χ4n) is 1.40. The molecule has 5 heteroatoms. The van der Waals surface area contributed by atoms with Crippen molar-refractivity contribution in [1.29, 1.82) is 0 Å². The van der Waals surface area contributed by atoms with Crippen molar-refractivity contribution in [2.75, 3.05) is 19.0 Å². The van der Waals surface area contributed by atoms with Crippen LogP contribution in [0, 0.1) is 0 Å². The molecule has 1 N–H and O–H groups in total. The van der Waals surface area contributed by atoms with Crippen LogP contribution in [0.1, 0.15) is 13.3 Å². The second kappa shape index (κ2) is 7.29. The minimum Gasteiger partial charge on any atom is -0.466 e. The van der Waals surface area contributed by atoms with Gasteiger partial charge >= 0.3 is 5.97 Å². The molecule has 0 aromatic heterocycles. The Hall–Kier alpha value is -1.19. The van der Waals surface area contributed by atoms with Crippen LogP contribution in [0.4, 0.5) is 5.69 Å². The molecule has 0 unspecified atom stereocenters. The Balaban J connectivity index is 2.62. The average molecular weight is 288 g/mol. The minimum atomic E-state index is -0.298. The first-order valence-electron chi connectivity index (χ1n) is 5.54. The molecule has 0 radical (unpaired) electrons. The van der Waals surface area contributed by atoms with Gasteiger partial charge in [0, 0.05) is 17.8 Å². The summed E-state index contributed by atoms with van der Waals surface area (Å²) >= 11 is 11.7. The van der Waals surface area contributed by atoms with Crippen LogP contribution in [0.5, 0.6) is 0 Å². The zero-order valence-corrected chi connectivity index (χ0v) is 11.8. The lowest BCUT2D eigenvalue weighted by Crippen LogP contribution is -2.07. The Morgan fingerprint density at radius 3 is 2.67 bits per heavy atom. The van der Waals surface area contributed by atoms with E-state index in [1.165, 1.54) is 7.11 Å². The largest absolute Gasteiger partial charge is 0.466 e. The van der Waals surface area contributed by atoms with Crippen LogP contribution < -0.4 is 5.32 Å². The quantitative estimate of drug-likeness (QED) is 0.659. The van der Waals surface area contributed by atoms with Crippen molar-refractivity contribution >= 4 is 34.9 Å². The molecule has 0 spiro atoms. The van der Waals surface area contributed by atoms with E-state index in [0.717, 1.165) is 5.69 Å². The summed E-state index contributed by atoms with van der Waals surface area (Å²) in [6, 6.07) is 5.28. The van der Waals surface area contributed by atoms with Gasteiger partial charge in [-0.05, 0) is 24.6 Å². The van der Waals surface area contributed by atoms with E-state index in [1.54, 1.807) is 18.2 Å². The summed E-state index contributed by atoms with van der Waals surface area (Å²) < 4.78 is 4.67. The van der Waals surface area contributed by atoms with Crippen LogP contribution in [0.15, 0.2) is 29.8 Å². The molecule has 0 bridgehead atoms. The fourth-order valence-corrected chi connectivity index (χ4v) is 1.70. The number of hydrogen-bond acceptors (Lipinski definition) is 3. The van der Waals surface area contributed by atoms with Crippen molar-refractivity contribution in [2.24, 2.45) is 0 Å². The van der Waals surface area contributed by atoms with Crippen molar-refractivity contribution in [3.05, 3.63) is 39.9 Å². The maximum Gasteiger partial charge on any atom is 0.333 e. The van der Waals surface area contributed by atoms with Crippen LogP contribution in [0.2, 0.25) is 10.0 Å². The van der Waals surface area contributed by atoms with Crippen molar-refractivity contribution in [3.8, 4) is 0 Å². The third kappa shape index (κ3) is 4.24. The topological polar surface area (TPSA) is 38.3 Å². The Morgan fingerprint density at radius 1 is 1.39 bits per heavy atom. The highest BCUT2D eigenvalue weighted by Gasteiger charge is 2.05. The predicted octanol–water partition coefficient (Wildman–Crippen LogP) is 3.91. The second-order valence-corrected chi connectivity index (χ2v) is 4.40. The Morgan fingerprint density at radius 2 is 2.11 bits per heavy atom. The lowest BCUT2D eigenvalue weighted by Gasteiger charge is -2.06. The van der Waals surface area contributed by atoms with Crippen molar-refractivity contribution in [2.45, 2.75) is 13.3 Å². The first kappa shape index (κ1) is 14.9. The molecule has 1 aromatic rings. The number of esters is 1. The highest BCUT2D eigenvalue weighted by atomic mass is 35.5. The lowest BCUT2D eigenvalue weighted by atomic mass is 10.2. The zero-order chi connectivity index (χ0) is 13.5. The van der Waals surface area contributed by atoms with Gasteiger partial charge in [0.2, 0.25) is 0 Å². The van der Waals surface area contributed by atoms with E-state index in [9.17, 15) is 4.79 Å². The van der Waals surface area contributed by atoms with Crippen LogP contribution in [-0.2, 0) is 9.53 Å². The summed E-state index contributed by atoms with van der Waals surface area (Å²) in [5.41, 5.74) is 1.49. The molecule has 0 fully saturated rings. The summed E-state index contributed by atoms with van der Waals surface area (Å²) in [5, 5.41) is 4.14. The third-order valence-electron chi connectivity index (χ3n) is 2.40. The van der Waals surface area contributed by atoms with Gasteiger partial charge in [0.25, 0.3) is 0 Å². The molecule has 0 saturated heterocycles. The molecular weight excluding hydrogens is 273 g/mol. The number of carbonyl (C=O) groups excluding carboxylic acids is 1. The molecule has 1 aromatic carbocycles. The average Bonchev–Trinajstić information content (AvgIpc) is 2.38. The number of methoxy groups -OCH3 is 1. The van der Waals surface area contributed by atoms with E-state index in [1.807, 2.05) is 13.0 Å². The standard InChI is InChI=1S/C13H15Cl2NO2/c1-3-9(13(17)18-2)6-7-16-10-4-5-11(14)12(15)8-10/h4-6,8,16H,3,7H2,1-2H3/b9-6-. The van der Waals surface area contributed by atoms with Gasteiger partial charge < -0.3 is 10.1 Å². The summed E-state index contributed by atoms with van der Waals surface area (Å²) in [6.07, 6.45) is 2.43. The first-order chi connectivity index (χ1) is 8.58. The van der Waals surface area contributed by atoms with E-state index in [2.05, 4.69) is 10.1 Å². The molecule has 0 saturated carbocycles. The van der Waals surface area contributed by atoms with Gasteiger partial charge in [0.1, 0.15) is 0 Å². The highest BCUT2D eigenvalue weighted by molar-refractivity contribution is 6.42. The van der Waals surface area contributed by atoms with Crippen molar-refractivity contribution < 1.29 is 9.53 Å². The number of rotatable bonds is 5. The summed E-state index contributed by atoms with van der Waals surface area (Å²) in [7, 11) is 1.37. The number of carbonyl (C=O) groups is 1. The predicted molar refractivity (Wildman–Crippen MR) is 75.3 cm³/mol. The first-order valence-corrected chi connectivity index (χ1v) is 6.30. The number of benzene rings is 1. The Kier molecular flexibility index (Phi) is 6.02. The van der Waals surface area contributed by atoms with E-state index in [4.69, 9.17) is 23.2 Å². The SMILES string of the molecule is CC/C(=C/CNc1ccc(Cl)c(Cl)c1)C(=O)OC. The van der Waals surface area contributed by atoms with Gasteiger partial charge in [0.05, 0.1) is 17.2 Å². The molecule has 0 heterocycles. The van der Waals surface area contributed by atoms with Crippen molar-refractivity contribution in [1.82, 2.24) is 0 Å². The Bertz CT molecular complexity index is 458. The van der Waals surface area contributed by atoms with Crippen LogP contribution in [-0.4, -0.2) is 19.6 Å². The summed E-state index contributed by atoms with van der Waals surface area (Å²) in [4.78, 5) is 11.3. The molecule has 0 aliphatic carbocycles. The molecular formula is C13H15Cl2NO2. The normalized spacial score (nSPS) is 11.2. The van der Waals surface area contributed by atoms with Gasteiger partial charge in [-0.25, -0.2) is 4.79 Å². The van der Waals surface area contributed by atoms with Crippen LogP contribution in [0.25, 0.3) is 0 Å². The molecule has 0 atom stereocenters. The molecule has 1 rings (SSSR count). The fraction of sp³-hybridized carbons (Fsp3) is 0.308. The van der Waals surface area contributed by atoms with Crippen LogP contribution >= 0.6 is 23.2 Å². The van der Waals surface area contributed by atoms with E-state index >= 15 is 0 Å². The second-order valence-electron chi connectivity index (χ2n) is 3.58. The highest BCUT2D eigenvalue weighted by Crippen LogP contribution is 2.24. The maximum absolute atomic E-state index is 11.3. The zero-order valence-electron chi connectivity index (χ0n) is 10.3. The van der Waals surface area contributed by atoms with Crippen molar-refractivity contribution in [3.63, 3.8) is 0 Å². The maximum atomic E-state index is 11.3.